The highest BCUT2D eigenvalue weighted by Crippen LogP contribution is 2.50. The van der Waals surface area contributed by atoms with Crippen LogP contribution in [0.4, 0.5) is 0 Å². The number of fused-ring (bicyclic) bond motifs is 3. The lowest BCUT2D eigenvalue weighted by Gasteiger charge is -2.20. The molecule has 0 spiro atoms. The average Bonchev–Trinajstić information content (AvgIpc) is 2.99. The van der Waals surface area contributed by atoms with Crippen molar-refractivity contribution in [1.82, 2.24) is 4.40 Å². The monoisotopic (exact) mass is 388 g/mol. The summed E-state index contributed by atoms with van der Waals surface area (Å²) in [5, 5.41) is 1.88. The Balaban J connectivity index is 0.00000208. The lowest BCUT2D eigenvalue weighted by molar-refractivity contribution is -0.616. The van der Waals surface area contributed by atoms with Gasteiger partial charge in [-0.25, -0.2) is 4.57 Å². The van der Waals surface area contributed by atoms with Crippen LogP contribution in [0.5, 0.6) is 0 Å². The number of imidazole rings is 1. The van der Waals surface area contributed by atoms with Gasteiger partial charge in [0.2, 0.25) is 5.44 Å². The van der Waals surface area contributed by atoms with E-state index >= 15 is 0 Å². The zero-order valence-corrected chi connectivity index (χ0v) is 16.9. The molecule has 3 rings (SSSR count). The minimum Gasteiger partial charge on any atom is -1.00 e. The van der Waals surface area contributed by atoms with Crippen LogP contribution < -0.4 is 22.4 Å². The molecule has 132 valence electrons. The van der Waals surface area contributed by atoms with E-state index in [4.69, 9.17) is 9.05 Å². The minimum atomic E-state index is -3.41. The summed E-state index contributed by atoms with van der Waals surface area (Å²) in [6.45, 7) is 7.47. The van der Waals surface area contributed by atoms with Crippen molar-refractivity contribution in [1.29, 1.82) is 0 Å². The fourth-order valence-electron chi connectivity index (χ4n) is 2.68. The molecule has 24 heavy (non-hydrogen) atoms. The van der Waals surface area contributed by atoms with Crippen molar-refractivity contribution in [3.05, 3.63) is 29.6 Å². The number of hydrogen-bond acceptors (Lipinski definition) is 4. The summed E-state index contributed by atoms with van der Waals surface area (Å²) >= 11 is 1.54. The molecule has 0 aliphatic heterocycles. The van der Waals surface area contributed by atoms with E-state index in [9.17, 15) is 4.57 Å². The van der Waals surface area contributed by atoms with E-state index in [1.165, 1.54) is 0 Å². The molecule has 0 N–H and O–H groups in total. The number of para-hydroxylation sites is 2. The molecule has 0 fully saturated rings. The fraction of sp³-hybridized carbons (Fsp3) is 0.438. The summed E-state index contributed by atoms with van der Waals surface area (Å²) in [6.07, 6.45) is -0.379. The molecular weight excluding hydrogens is 367 g/mol. The van der Waals surface area contributed by atoms with Gasteiger partial charge in [-0.3, -0.25) is 13.6 Å². The van der Waals surface area contributed by atoms with Crippen molar-refractivity contribution in [3.63, 3.8) is 0 Å². The maximum atomic E-state index is 13.5. The number of nitrogens with zero attached hydrogens (tertiary/aromatic N) is 2. The van der Waals surface area contributed by atoms with Crippen LogP contribution in [-0.2, 0) is 20.7 Å². The Morgan fingerprint density at radius 1 is 1.12 bits per heavy atom. The quantitative estimate of drug-likeness (QED) is 0.476. The van der Waals surface area contributed by atoms with Gasteiger partial charge in [0.25, 0.3) is 0 Å². The molecule has 1 aromatic carbocycles. The van der Waals surface area contributed by atoms with Crippen LogP contribution in [0.15, 0.2) is 29.6 Å². The molecule has 0 amide bonds. The Labute approximate surface area is 152 Å². The second-order valence-corrected chi connectivity index (χ2v) is 8.78. The summed E-state index contributed by atoms with van der Waals surface area (Å²) in [6, 6.07) is 8.05. The molecule has 2 aromatic heterocycles. The molecule has 0 aliphatic carbocycles. The van der Waals surface area contributed by atoms with E-state index in [0.717, 1.165) is 16.0 Å². The molecule has 2 heterocycles. The highest BCUT2D eigenvalue weighted by molar-refractivity contribution is 7.62. The zero-order valence-electron chi connectivity index (χ0n) is 14.4. The Morgan fingerprint density at radius 3 is 2.29 bits per heavy atom. The second kappa shape index (κ2) is 7.14. The molecule has 0 bridgehead atoms. The zero-order chi connectivity index (χ0) is 16.8. The van der Waals surface area contributed by atoms with Gasteiger partial charge in [-0.1, -0.05) is 23.5 Å². The molecule has 3 aromatic rings. The van der Waals surface area contributed by atoms with Crippen LogP contribution >= 0.6 is 18.9 Å². The molecule has 0 saturated carbocycles. The summed E-state index contributed by atoms with van der Waals surface area (Å²) in [7, 11) is -1.40. The van der Waals surface area contributed by atoms with Gasteiger partial charge in [-0.05, 0) is 39.8 Å². The van der Waals surface area contributed by atoms with Gasteiger partial charge in [-0.15, -0.1) is 0 Å². The summed E-state index contributed by atoms with van der Waals surface area (Å²) in [4.78, 5) is 1.00. The Morgan fingerprint density at radius 2 is 1.71 bits per heavy atom. The van der Waals surface area contributed by atoms with E-state index in [-0.39, 0.29) is 24.6 Å². The summed E-state index contributed by atoms with van der Waals surface area (Å²) < 4.78 is 29.1. The van der Waals surface area contributed by atoms with Crippen LogP contribution in [0.1, 0.15) is 27.7 Å². The predicted molar refractivity (Wildman–Crippen MR) is 93.6 cm³/mol. The van der Waals surface area contributed by atoms with Crippen molar-refractivity contribution < 1.29 is 30.6 Å². The van der Waals surface area contributed by atoms with Crippen molar-refractivity contribution in [2.75, 3.05) is 0 Å². The van der Waals surface area contributed by atoms with Gasteiger partial charge in [0.1, 0.15) is 0 Å². The second-order valence-electron chi connectivity index (χ2n) is 6.07. The third kappa shape index (κ3) is 3.26. The van der Waals surface area contributed by atoms with E-state index < -0.39 is 7.60 Å². The first-order valence-electron chi connectivity index (χ1n) is 7.67. The van der Waals surface area contributed by atoms with Crippen molar-refractivity contribution in [2.24, 2.45) is 7.05 Å². The van der Waals surface area contributed by atoms with Crippen molar-refractivity contribution in [3.8, 4) is 0 Å². The Bertz CT molecular complexity index is 889. The number of rotatable bonds is 5. The number of halogens is 1. The van der Waals surface area contributed by atoms with Crippen LogP contribution in [-0.4, -0.2) is 16.6 Å². The van der Waals surface area contributed by atoms with E-state index in [2.05, 4.69) is 10.6 Å². The maximum Gasteiger partial charge on any atom is 0.402 e. The average molecular weight is 389 g/mol. The van der Waals surface area contributed by atoms with Crippen LogP contribution in [0.25, 0.3) is 16.0 Å². The van der Waals surface area contributed by atoms with Gasteiger partial charge in [0.15, 0.2) is 11.0 Å². The van der Waals surface area contributed by atoms with Gasteiger partial charge in [0.05, 0.1) is 24.6 Å². The number of aryl methyl sites for hydroxylation is 1. The fourth-order valence-corrected chi connectivity index (χ4v) is 6.12. The van der Waals surface area contributed by atoms with Crippen LogP contribution in [0.3, 0.4) is 0 Å². The molecule has 8 heteroatoms. The van der Waals surface area contributed by atoms with E-state index in [1.54, 1.807) is 11.3 Å². The maximum absolute atomic E-state index is 13.5. The third-order valence-corrected chi connectivity index (χ3v) is 6.91. The Kier molecular flexibility index (Phi) is 5.78. The number of hydrogen-bond donors (Lipinski definition) is 0. The predicted octanol–water partition coefficient (Wildman–Crippen LogP) is 0.651. The minimum absolute atomic E-state index is 0. The third-order valence-electron chi connectivity index (χ3n) is 3.44. The molecule has 0 radical (unpaired) electrons. The standard InChI is InChI=1S/C16H22N2O3PS.ClH/c1-11(2)20-22(19,21-12(3)4)15-10-23-16-17(5)13-8-6-7-9-14(13)18(15)16;/h6-12H,1-5H3;1H/q+1;/p-1. The van der Waals surface area contributed by atoms with Gasteiger partial charge in [0, 0.05) is 0 Å². The molecule has 0 aliphatic rings. The van der Waals surface area contributed by atoms with Crippen LogP contribution in [0, 0.1) is 0 Å². The molecule has 5 nitrogen and oxygen atoms in total. The summed E-state index contributed by atoms with van der Waals surface area (Å²) in [5.41, 5.74) is 2.68. The number of benzene rings is 1. The molecular formula is C16H22ClN2O3PS. The number of thiazole rings is 1. The number of aromatic nitrogens is 2. The first-order valence-corrected chi connectivity index (χ1v) is 10.1. The SMILES string of the molecule is CC(C)OP(=O)(OC(C)C)c1csc2n1c1ccccc1[n+]2C.[Cl-]. The smallest absolute Gasteiger partial charge is 0.402 e. The first kappa shape index (κ1) is 19.4. The molecule has 0 saturated heterocycles. The van der Waals surface area contributed by atoms with Gasteiger partial charge >= 0.3 is 12.6 Å². The van der Waals surface area contributed by atoms with Crippen molar-refractivity contribution in [2.45, 2.75) is 39.9 Å². The van der Waals surface area contributed by atoms with Gasteiger partial charge in [-0.2, -0.15) is 4.40 Å². The van der Waals surface area contributed by atoms with Gasteiger partial charge < -0.3 is 12.4 Å². The van der Waals surface area contributed by atoms with E-state index in [0.29, 0.717) is 5.44 Å². The topological polar surface area (TPSA) is 43.8 Å². The summed E-state index contributed by atoms with van der Waals surface area (Å²) in [5.74, 6) is 0. The first-order chi connectivity index (χ1) is 10.8. The highest BCUT2D eigenvalue weighted by Gasteiger charge is 2.39. The van der Waals surface area contributed by atoms with E-state index in [1.807, 2.05) is 62.7 Å². The van der Waals surface area contributed by atoms with Crippen molar-refractivity contribution >= 4 is 40.4 Å². The lowest BCUT2D eigenvalue weighted by atomic mass is 10.3. The molecule has 0 atom stereocenters. The molecule has 0 unspecified atom stereocenters. The highest BCUT2D eigenvalue weighted by atomic mass is 35.5. The lowest BCUT2D eigenvalue weighted by Crippen LogP contribution is -3.00. The normalized spacial score (nSPS) is 12.5. The Hall–Kier alpha value is -0.910. The largest absolute Gasteiger partial charge is 1.00 e. The van der Waals surface area contributed by atoms with Crippen LogP contribution in [0.2, 0.25) is 0 Å².